The summed E-state index contributed by atoms with van der Waals surface area (Å²) in [5.41, 5.74) is 8.90. The van der Waals surface area contributed by atoms with E-state index < -0.39 is 6.09 Å². The molecule has 1 heterocycles. The molecule has 0 bridgehead atoms. The first-order valence-electron chi connectivity index (χ1n) is 9.41. The van der Waals surface area contributed by atoms with Crippen molar-refractivity contribution in [3.63, 3.8) is 0 Å². The molecular weight excluding hydrogens is 340 g/mol. The van der Waals surface area contributed by atoms with Crippen LogP contribution in [0.1, 0.15) is 43.9 Å². The van der Waals surface area contributed by atoms with E-state index in [1.54, 1.807) is 6.07 Å². The number of benzene rings is 2. The van der Waals surface area contributed by atoms with Crippen LogP contribution < -0.4 is 20.5 Å². The first-order chi connectivity index (χ1) is 12.8. The highest BCUT2D eigenvalue weighted by Crippen LogP contribution is 2.36. The van der Waals surface area contributed by atoms with E-state index in [1.807, 2.05) is 18.2 Å². The number of ether oxygens (including phenoxy) is 2. The van der Waals surface area contributed by atoms with Crippen LogP contribution in [0.4, 0.5) is 4.79 Å². The van der Waals surface area contributed by atoms with E-state index in [1.165, 1.54) is 11.1 Å². The van der Waals surface area contributed by atoms with Crippen LogP contribution in [0.25, 0.3) is 0 Å². The largest absolute Gasteiger partial charge is 0.457 e. The van der Waals surface area contributed by atoms with Gasteiger partial charge in [0.2, 0.25) is 0 Å². The van der Waals surface area contributed by atoms with Gasteiger partial charge in [0.15, 0.2) is 0 Å². The van der Waals surface area contributed by atoms with Gasteiger partial charge < -0.3 is 20.5 Å². The van der Waals surface area contributed by atoms with Crippen LogP contribution in [-0.4, -0.2) is 12.6 Å². The summed E-state index contributed by atoms with van der Waals surface area (Å²) in [6.07, 6.45) is 2.03. The van der Waals surface area contributed by atoms with Crippen LogP contribution in [0, 0.1) is 5.41 Å². The maximum Gasteiger partial charge on any atom is 0.409 e. The van der Waals surface area contributed by atoms with Gasteiger partial charge in [0.25, 0.3) is 0 Å². The van der Waals surface area contributed by atoms with Gasteiger partial charge in [-0.05, 0) is 72.2 Å². The minimum Gasteiger partial charge on any atom is -0.457 e. The van der Waals surface area contributed by atoms with Crippen molar-refractivity contribution in [1.82, 2.24) is 5.32 Å². The van der Waals surface area contributed by atoms with Gasteiger partial charge in [0.1, 0.15) is 17.2 Å². The molecule has 0 aromatic heterocycles. The number of carbonyl (C=O) groups is 1. The van der Waals surface area contributed by atoms with Gasteiger partial charge in [0, 0.05) is 6.54 Å². The number of hydrogen-bond acceptors (Lipinski definition) is 4. The molecule has 2 aromatic carbocycles. The highest BCUT2D eigenvalue weighted by atomic mass is 16.5. The summed E-state index contributed by atoms with van der Waals surface area (Å²) in [5.74, 6) is 2.12. The number of fused-ring (bicyclic) bond motifs is 2. The van der Waals surface area contributed by atoms with Gasteiger partial charge in [0.05, 0.1) is 0 Å². The van der Waals surface area contributed by atoms with E-state index in [9.17, 15) is 4.79 Å². The summed E-state index contributed by atoms with van der Waals surface area (Å²) >= 11 is 0. The van der Waals surface area contributed by atoms with E-state index in [0.29, 0.717) is 11.2 Å². The molecule has 0 spiro atoms. The molecule has 0 aliphatic carbocycles. The Hall–Kier alpha value is -2.53. The lowest BCUT2D eigenvalue weighted by atomic mass is 9.92. The first-order valence-corrected chi connectivity index (χ1v) is 9.41. The molecule has 3 N–H and O–H groups in total. The predicted octanol–water partition coefficient (Wildman–Crippen LogP) is 4.56. The van der Waals surface area contributed by atoms with Crippen LogP contribution in [-0.2, 0) is 19.4 Å². The number of aryl methyl sites for hydroxylation is 2. The Balaban J connectivity index is 1.66. The number of hydrogen-bond donors (Lipinski definition) is 2. The van der Waals surface area contributed by atoms with Crippen molar-refractivity contribution >= 4 is 6.09 Å². The second-order valence-corrected chi connectivity index (χ2v) is 8.22. The number of amides is 1. The Morgan fingerprint density at radius 1 is 1.11 bits per heavy atom. The Morgan fingerprint density at radius 2 is 1.78 bits per heavy atom. The van der Waals surface area contributed by atoms with Gasteiger partial charge in [-0.3, -0.25) is 0 Å². The molecule has 0 radical (unpaired) electrons. The van der Waals surface area contributed by atoms with E-state index >= 15 is 0 Å². The molecule has 0 saturated heterocycles. The zero-order valence-corrected chi connectivity index (χ0v) is 16.3. The fraction of sp³-hybridized carbons (Fsp3) is 0.409. The lowest BCUT2D eigenvalue weighted by molar-refractivity contribution is 0.211. The van der Waals surface area contributed by atoms with E-state index in [2.05, 4.69) is 38.2 Å². The summed E-state index contributed by atoms with van der Waals surface area (Å²) in [4.78, 5) is 10.9. The van der Waals surface area contributed by atoms with Crippen molar-refractivity contribution in [2.75, 3.05) is 6.54 Å². The van der Waals surface area contributed by atoms with E-state index in [4.69, 9.17) is 15.2 Å². The van der Waals surface area contributed by atoms with E-state index in [0.717, 1.165) is 49.4 Å². The molecule has 5 nitrogen and oxygen atoms in total. The number of primary amides is 1. The molecule has 3 rings (SSSR count). The van der Waals surface area contributed by atoms with Crippen LogP contribution in [0.3, 0.4) is 0 Å². The Bertz CT molecular complexity index is 825. The van der Waals surface area contributed by atoms with Crippen molar-refractivity contribution in [3.8, 4) is 17.2 Å². The van der Waals surface area contributed by atoms with Crippen LogP contribution in [0.2, 0.25) is 0 Å². The third kappa shape index (κ3) is 5.47. The molecule has 2 aromatic rings. The van der Waals surface area contributed by atoms with Gasteiger partial charge in [-0.25, -0.2) is 4.79 Å². The Morgan fingerprint density at radius 3 is 2.44 bits per heavy atom. The summed E-state index contributed by atoms with van der Waals surface area (Å²) in [5, 5.41) is 3.52. The number of nitrogens with one attached hydrogen (secondary N) is 1. The molecule has 1 amide bonds. The molecule has 1 aliphatic heterocycles. The number of carbonyl (C=O) groups excluding carboxylic acids is 1. The smallest absolute Gasteiger partial charge is 0.409 e. The van der Waals surface area contributed by atoms with Crippen molar-refractivity contribution < 1.29 is 14.3 Å². The summed E-state index contributed by atoms with van der Waals surface area (Å²) in [6.45, 7) is 8.63. The summed E-state index contributed by atoms with van der Waals surface area (Å²) < 4.78 is 11.1. The quantitative estimate of drug-likeness (QED) is 0.759. The van der Waals surface area contributed by atoms with Gasteiger partial charge >= 0.3 is 6.09 Å². The first kappa shape index (κ1) is 19.2. The standard InChI is InChI=1S/C22H28N2O3/c1-22(2,3)10-11-24-14-15-4-8-19-16(12-15)5-6-17-13-18(26-21(23)25)7-9-20(17)27-19/h4,7-9,12-13,24H,5-6,10-11,14H2,1-3H3,(H2,23,25). The van der Waals surface area contributed by atoms with Crippen LogP contribution in [0.5, 0.6) is 17.2 Å². The van der Waals surface area contributed by atoms with E-state index in [-0.39, 0.29) is 0 Å². The fourth-order valence-corrected chi connectivity index (χ4v) is 3.15. The molecule has 0 saturated carbocycles. The highest BCUT2D eigenvalue weighted by molar-refractivity contribution is 5.68. The minimum absolute atomic E-state index is 0.345. The Kier molecular flexibility index (Phi) is 5.71. The second kappa shape index (κ2) is 8.01. The van der Waals surface area contributed by atoms with Crippen molar-refractivity contribution in [2.45, 2.75) is 46.6 Å². The zero-order valence-electron chi connectivity index (χ0n) is 16.3. The summed E-state index contributed by atoms with van der Waals surface area (Å²) in [6, 6.07) is 11.7. The lowest BCUT2D eigenvalue weighted by Crippen LogP contribution is -2.20. The fourth-order valence-electron chi connectivity index (χ4n) is 3.15. The number of rotatable bonds is 5. The van der Waals surface area contributed by atoms with Crippen molar-refractivity contribution in [2.24, 2.45) is 11.1 Å². The van der Waals surface area contributed by atoms with Crippen molar-refractivity contribution in [1.29, 1.82) is 0 Å². The predicted molar refractivity (Wildman–Crippen MR) is 106 cm³/mol. The van der Waals surface area contributed by atoms with Gasteiger partial charge in [-0.1, -0.05) is 32.9 Å². The zero-order chi connectivity index (χ0) is 19.4. The Labute approximate surface area is 160 Å². The average molecular weight is 368 g/mol. The molecule has 1 aliphatic rings. The lowest BCUT2D eigenvalue weighted by Gasteiger charge is -2.18. The topological polar surface area (TPSA) is 73.6 Å². The maximum absolute atomic E-state index is 10.9. The molecule has 0 atom stereocenters. The average Bonchev–Trinajstić information content (AvgIpc) is 2.76. The molecular formula is C22H28N2O3. The molecule has 27 heavy (non-hydrogen) atoms. The van der Waals surface area contributed by atoms with Crippen LogP contribution in [0.15, 0.2) is 36.4 Å². The molecule has 5 heteroatoms. The maximum atomic E-state index is 10.9. The minimum atomic E-state index is -0.809. The molecule has 0 fully saturated rings. The number of nitrogens with two attached hydrogens (primary N) is 1. The molecule has 144 valence electrons. The monoisotopic (exact) mass is 368 g/mol. The van der Waals surface area contributed by atoms with Crippen LogP contribution >= 0.6 is 0 Å². The summed E-state index contributed by atoms with van der Waals surface area (Å²) in [7, 11) is 0. The van der Waals surface area contributed by atoms with Gasteiger partial charge in [-0.2, -0.15) is 0 Å². The molecule has 0 unspecified atom stereocenters. The van der Waals surface area contributed by atoms with Crippen molar-refractivity contribution in [3.05, 3.63) is 53.1 Å². The second-order valence-electron chi connectivity index (χ2n) is 8.22. The third-order valence-corrected chi connectivity index (χ3v) is 4.64. The normalized spacial score (nSPS) is 13.1. The third-order valence-electron chi connectivity index (χ3n) is 4.64. The van der Waals surface area contributed by atoms with Gasteiger partial charge in [-0.15, -0.1) is 0 Å². The SMILES string of the molecule is CC(C)(C)CCNCc1ccc2c(c1)CCc1cc(OC(N)=O)ccc1O2. The highest BCUT2D eigenvalue weighted by Gasteiger charge is 2.16.